The average Bonchev–Trinajstić information content (AvgIpc) is 2.94. The number of nitro groups is 1. The van der Waals surface area contributed by atoms with Crippen LogP contribution in [0, 0.1) is 22.0 Å². The third-order valence-corrected chi connectivity index (χ3v) is 9.33. The van der Waals surface area contributed by atoms with Gasteiger partial charge in [-0.05, 0) is 76.4 Å². The summed E-state index contributed by atoms with van der Waals surface area (Å²) < 4.78 is 5.16. The molecule has 230 valence electrons. The summed E-state index contributed by atoms with van der Waals surface area (Å²) in [5.41, 5.74) is 0.779. The first-order valence-electron chi connectivity index (χ1n) is 14.9. The molecule has 12 heteroatoms. The van der Waals surface area contributed by atoms with Crippen molar-refractivity contribution in [3.63, 3.8) is 0 Å². The van der Waals surface area contributed by atoms with Crippen LogP contribution in [0.25, 0.3) is 0 Å². The molecule has 5 rings (SSSR count). The number of hydrogen-bond donors (Lipinski definition) is 0. The van der Waals surface area contributed by atoms with E-state index >= 15 is 0 Å². The Hall–Kier alpha value is -2.14. The lowest BCUT2D eigenvalue weighted by Gasteiger charge is -2.57. The van der Waals surface area contributed by atoms with Crippen LogP contribution >= 0.6 is 24.8 Å². The number of amides is 1. The SMILES string of the molecule is CCOC(=O)CCCC1C2CCCN3CCCC(CN1C(=O)CN1CCN(c4ccccc4[N+](=O)[O-])CC1)C23.Cl.Cl. The number of ether oxygens (including phenoxy) is 1. The first-order valence-corrected chi connectivity index (χ1v) is 14.9. The number of para-hydroxylation sites is 2. The lowest BCUT2D eigenvalue weighted by molar-refractivity contribution is -0.384. The Morgan fingerprint density at radius 3 is 2.44 bits per heavy atom. The van der Waals surface area contributed by atoms with Crippen LogP contribution in [0.1, 0.15) is 51.9 Å². The molecule has 4 heterocycles. The molecule has 0 saturated carbocycles. The Morgan fingerprint density at radius 2 is 1.73 bits per heavy atom. The second-order valence-corrected chi connectivity index (χ2v) is 11.6. The summed E-state index contributed by atoms with van der Waals surface area (Å²) in [6.07, 6.45) is 6.72. The lowest BCUT2D eigenvalue weighted by Crippen LogP contribution is -2.66. The van der Waals surface area contributed by atoms with Gasteiger partial charge in [0.1, 0.15) is 5.69 Å². The molecule has 1 aromatic rings. The van der Waals surface area contributed by atoms with E-state index < -0.39 is 0 Å². The fourth-order valence-corrected chi connectivity index (χ4v) is 7.66. The van der Waals surface area contributed by atoms with Crippen molar-refractivity contribution in [3.05, 3.63) is 34.4 Å². The molecule has 0 spiro atoms. The maximum Gasteiger partial charge on any atom is 0.305 e. The highest BCUT2D eigenvalue weighted by Crippen LogP contribution is 2.43. The Kier molecular flexibility index (Phi) is 12.5. The molecular formula is C29H45Cl2N5O5. The average molecular weight is 615 g/mol. The van der Waals surface area contributed by atoms with Gasteiger partial charge in [-0.2, -0.15) is 0 Å². The number of carbonyl (C=O) groups is 2. The number of likely N-dealkylation sites (tertiary alicyclic amines) is 1. The summed E-state index contributed by atoms with van der Waals surface area (Å²) in [4.78, 5) is 46.2. The third-order valence-electron chi connectivity index (χ3n) is 9.33. The molecule has 4 saturated heterocycles. The number of nitro benzene ring substituents is 1. The molecule has 1 amide bonds. The Morgan fingerprint density at radius 1 is 1.02 bits per heavy atom. The van der Waals surface area contributed by atoms with Gasteiger partial charge in [-0.3, -0.25) is 29.5 Å². The van der Waals surface area contributed by atoms with Gasteiger partial charge in [0, 0.05) is 57.3 Å². The molecule has 41 heavy (non-hydrogen) atoms. The molecule has 4 unspecified atom stereocenters. The van der Waals surface area contributed by atoms with Gasteiger partial charge in [0.25, 0.3) is 5.69 Å². The van der Waals surface area contributed by atoms with E-state index in [1.165, 1.54) is 32.4 Å². The van der Waals surface area contributed by atoms with E-state index in [4.69, 9.17) is 4.74 Å². The number of rotatable bonds is 9. The molecular weight excluding hydrogens is 569 g/mol. The summed E-state index contributed by atoms with van der Waals surface area (Å²) >= 11 is 0. The van der Waals surface area contributed by atoms with Gasteiger partial charge < -0.3 is 14.5 Å². The Balaban J connectivity index is 0.00000231. The van der Waals surface area contributed by atoms with Crippen molar-refractivity contribution in [3.8, 4) is 0 Å². The molecule has 0 aliphatic carbocycles. The summed E-state index contributed by atoms with van der Waals surface area (Å²) in [6, 6.07) is 7.62. The van der Waals surface area contributed by atoms with Crippen molar-refractivity contribution in [2.45, 2.75) is 64.0 Å². The van der Waals surface area contributed by atoms with Crippen molar-refractivity contribution in [2.75, 3.05) is 63.9 Å². The van der Waals surface area contributed by atoms with E-state index in [1.807, 2.05) is 19.1 Å². The van der Waals surface area contributed by atoms with Crippen LogP contribution in [0.15, 0.2) is 24.3 Å². The van der Waals surface area contributed by atoms with Crippen molar-refractivity contribution >= 4 is 48.1 Å². The molecule has 0 bridgehead atoms. The highest BCUT2D eigenvalue weighted by Gasteiger charge is 2.49. The van der Waals surface area contributed by atoms with Crippen LogP contribution in [0.4, 0.5) is 11.4 Å². The largest absolute Gasteiger partial charge is 0.466 e. The van der Waals surface area contributed by atoms with E-state index in [9.17, 15) is 19.7 Å². The zero-order chi connectivity index (χ0) is 27.4. The highest BCUT2D eigenvalue weighted by molar-refractivity contribution is 5.85. The summed E-state index contributed by atoms with van der Waals surface area (Å²) in [6.45, 7) is 8.48. The van der Waals surface area contributed by atoms with Crippen molar-refractivity contribution in [2.24, 2.45) is 11.8 Å². The standard InChI is InChI=1S/C29H43N5O5.2ClH/c1-2-39-28(36)13-5-12-24-23-9-7-15-32-14-6-8-22(29(23)32)20-33(24)27(35)21-30-16-18-31(19-17-30)25-10-3-4-11-26(25)34(37)38;;/h3-4,10-11,22-24,29H,2,5-9,12-21H2,1H3;2*1H. The Labute approximate surface area is 255 Å². The van der Waals surface area contributed by atoms with Crippen LogP contribution < -0.4 is 4.90 Å². The van der Waals surface area contributed by atoms with Gasteiger partial charge in [-0.1, -0.05) is 12.1 Å². The van der Waals surface area contributed by atoms with E-state index in [-0.39, 0.29) is 53.3 Å². The molecule has 10 nitrogen and oxygen atoms in total. The summed E-state index contributed by atoms with van der Waals surface area (Å²) in [7, 11) is 0. The van der Waals surface area contributed by atoms with Crippen LogP contribution in [-0.2, 0) is 14.3 Å². The zero-order valence-electron chi connectivity index (χ0n) is 24.0. The van der Waals surface area contributed by atoms with Crippen LogP contribution in [0.3, 0.4) is 0 Å². The Bertz CT molecular complexity index is 1040. The lowest BCUT2D eigenvalue weighted by atomic mass is 9.69. The number of hydrogen-bond acceptors (Lipinski definition) is 8. The predicted octanol–water partition coefficient (Wildman–Crippen LogP) is 4.00. The van der Waals surface area contributed by atoms with Gasteiger partial charge >= 0.3 is 5.97 Å². The van der Waals surface area contributed by atoms with Crippen LogP contribution in [0.2, 0.25) is 0 Å². The number of nitrogens with zero attached hydrogens (tertiary/aromatic N) is 5. The maximum atomic E-state index is 13.9. The highest BCUT2D eigenvalue weighted by atomic mass is 35.5. The van der Waals surface area contributed by atoms with E-state index in [2.05, 4.69) is 19.6 Å². The van der Waals surface area contributed by atoms with Crippen LogP contribution in [-0.4, -0.2) is 103 Å². The van der Waals surface area contributed by atoms with Gasteiger partial charge in [-0.15, -0.1) is 24.8 Å². The first kappa shape index (κ1) is 33.4. The number of benzene rings is 1. The molecule has 0 N–H and O–H groups in total. The fraction of sp³-hybridized carbons (Fsp3) is 0.724. The number of piperidine rings is 3. The van der Waals surface area contributed by atoms with Crippen LogP contribution in [0.5, 0.6) is 0 Å². The number of halogens is 2. The van der Waals surface area contributed by atoms with Crippen molar-refractivity contribution < 1.29 is 19.2 Å². The normalized spacial score (nSPS) is 26.3. The second kappa shape index (κ2) is 15.4. The second-order valence-electron chi connectivity index (χ2n) is 11.6. The van der Waals surface area contributed by atoms with Crippen molar-refractivity contribution in [1.29, 1.82) is 0 Å². The molecule has 0 aromatic heterocycles. The zero-order valence-corrected chi connectivity index (χ0v) is 25.7. The number of carbonyl (C=O) groups excluding carboxylic acids is 2. The minimum Gasteiger partial charge on any atom is -0.466 e. The summed E-state index contributed by atoms with van der Waals surface area (Å²) in [5, 5.41) is 11.5. The molecule has 4 aliphatic heterocycles. The predicted molar refractivity (Wildman–Crippen MR) is 163 cm³/mol. The summed E-state index contributed by atoms with van der Waals surface area (Å²) in [5.74, 6) is 1.05. The van der Waals surface area contributed by atoms with Crippen molar-refractivity contribution in [1.82, 2.24) is 14.7 Å². The fourth-order valence-electron chi connectivity index (χ4n) is 7.66. The molecule has 4 atom stereocenters. The van der Waals surface area contributed by atoms with E-state index in [0.717, 1.165) is 25.8 Å². The minimum absolute atomic E-state index is 0. The quantitative estimate of drug-likeness (QED) is 0.234. The van der Waals surface area contributed by atoms with Gasteiger partial charge in [0.2, 0.25) is 5.91 Å². The smallest absolute Gasteiger partial charge is 0.305 e. The first-order chi connectivity index (χ1) is 19.0. The third kappa shape index (κ3) is 7.63. The number of anilines is 1. The van der Waals surface area contributed by atoms with Gasteiger partial charge in [-0.25, -0.2) is 0 Å². The van der Waals surface area contributed by atoms with Gasteiger partial charge in [0.15, 0.2) is 0 Å². The van der Waals surface area contributed by atoms with Gasteiger partial charge in [0.05, 0.1) is 18.1 Å². The number of piperazine rings is 1. The number of esters is 1. The molecule has 4 aliphatic rings. The monoisotopic (exact) mass is 613 g/mol. The molecule has 1 aromatic carbocycles. The van der Waals surface area contributed by atoms with E-state index in [1.54, 1.807) is 12.1 Å². The molecule has 4 fully saturated rings. The maximum absolute atomic E-state index is 13.9. The van der Waals surface area contributed by atoms with E-state index in [0.29, 0.717) is 69.3 Å². The topological polar surface area (TPSA) is 99.5 Å². The minimum atomic E-state index is -0.325. The molecule has 0 radical (unpaired) electrons.